The van der Waals surface area contributed by atoms with Gasteiger partial charge in [-0.1, -0.05) is 30.3 Å². The van der Waals surface area contributed by atoms with Gasteiger partial charge in [-0.25, -0.2) is 0 Å². The van der Waals surface area contributed by atoms with Crippen molar-refractivity contribution in [3.8, 4) is 0 Å². The van der Waals surface area contributed by atoms with Gasteiger partial charge in [-0.15, -0.1) is 11.3 Å². The third-order valence-corrected chi connectivity index (χ3v) is 5.92. The summed E-state index contributed by atoms with van der Waals surface area (Å²) in [6, 6.07) is 15.8. The Morgan fingerprint density at radius 2 is 2.04 bits per heavy atom. The average Bonchev–Trinajstić information content (AvgIpc) is 3.33. The Morgan fingerprint density at radius 3 is 2.74 bits per heavy atom. The monoisotopic (exact) mass is 443 g/mol. The van der Waals surface area contributed by atoms with E-state index >= 15 is 0 Å². The summed E-state index contributed by atoms with van der Waals surface area (Å²) in [7, 11) is 1.78. The first-order valence-electron chi connectivity index (χ1n) is 8.52. The van der Waals surface area contributed by atoms with Crippen molar-refractivity contribution in [2.75, 3.05) is 7.05 Å². The van der Waals surface area contributed by atoms with E-state index in [4.69, 9.17) is 4.42 Å². The van der Waals surface area contributed by atoms with Gasteiger partial charge >= 0.3 is 0 Å². The summed E-state index contributed by atoms with van der Waals surface area (Å²) in [5.41, 5.74) is 2.12. The average molecular weight is 444 g/mol. The first-order chi connectivity index (χ1) is 13.0. The number of rotatable bonds is 5. The molecule has 3 aromatic heterocycles. The summed E-state index contributed by atoms with van der Waals surface area (Å²) in [6.07, 6.45) is 0. The number of fused-ring (bicyclic) bond motifs is 1. The molecule has 0 atom stereocenters. The number of hydrogen-bond acceptors (Lipinski definition) is 4. The van der Waals surface area contributed by atoms with E-state index in [9.17, 15) is 4.79 Å². The molecule has 1 aromatic carbocycles. The van der Waals surface area contributed by atoms with E-state index < -0.39 is 0 Å². The Morgan fingerprint density at radius 1 is 1.26 bits per heavy atom. The number of amides is 1. The predicted molar refractivity (Wildman–Crippen MR) is 110 cm³/mol. The number of nitrogens with zero attached hydrogens (tertiary/aromatic N) is 3. The molecule has 27 heavy (non-hydrogen) atoms. The molecule has 1 amide bonds. The van der Waals surface area contributed by atoms with E-state index in [-0.39, 0.29) is 5.91 Å². The second-order valence-electron chi connectivity index (χ2n) is 6.43. The number of furan rings is 1. The highest BCUT2D eigenvalue weighted by molar-refractivity contribution is 9.10. The van der Waals surface area contributed by atoms with Crippen LogP contribution in [0.4, 0.5) is 0 Å². The lowest BCUT2D eigenvalue weighted by molar-refractivity contribution is 0.0780. The second kappa shape index (κ2) is 7.32. The van der Waals surface area contributed by atoms with Crippen molar-refractivity contribution in [1.82, 2.24) is 14.7 Å². The third kappa shape index (κ3) is 3.70. The lowest BCUT2D eigenvalue weighted by Crippen LogP contribution is -2.25. The minimum atomic E-state index is -0.0191. The van der Waals surface area contributed by atoms with E-state index in [1.807, 2.05) is 48.0 Å². The first kappa shape index (κ1) is 18.0. The quantitative estimate of drug-likeness (QED) is 0.431. The Hall–Kier alpha value is -2.38. The number of hydrogen-bond donors (Lipinski definition) is 0. The molecule has 0 saturated carbocycles. The lowest BCUT2D eigenvalue weighted by Gasteiger charge is -2.14. The van der Waals surface area contributed by atoms with Crippen molar-refractivity contribution < 1.29 is 9.21 Å². The van der Waals surface area contributed by atoms with Crippen molar-refractivity contribution in [2.45, 2.75) is 20.0 Å². The van der Waals surface area contributed by atoms with Crippen LogP contribution in [0.3, 0.4) is 0 Å². The minimum absolute atomic E-state index is 0.0191. The van der Waals surface area contributed by atoms with Crippen LogP contribution in [0.25, 0.3) is 10.2 Å². The molecule has 5 nitrogen and oxygen atoms in total. The van der Waals surface area contributed by atoms with Gasteiger partial charge in [0.1, 0.15) is 10.6 Å². The van der Waals surface area contributed by atoms with Gasteiger partial charge in [0, 0.05) is 12.4 Å². The molecule has 7 heteroatoms. The summed E-state index contributed by atoms with van der Waals surface area (Å²) < 4.78 is 8.14. The number of carbonyl (C=O) groups is 1. The summed E-state index contributed by atoms with van der Waals surface area (Å²) in [6.45, 7) is 3.10. The summed E-state index contributed by atoms with van der Waals surface area (Å²) in [4.78, 5) is 16.3. The molecular formula is C20H18BrN3O2S. The topological polar surface area (TPSA) is 51.3 Å². The molecule has 0 spiro atoms. The highest BCUT2D eigenvalue weighted by Gasteiger charge is 2.20. The van der Waals surface area contributed by atoms with Gasteiger partial charge < -0.3 is 9.32 Å². The summed E-state index contributed by atoms with van der Waals surface area (Å²) in [5.74, 6) is 0.722. The highest BCUT2D eigenvalue weighted by Crippen LogP contribution is 2.30. The Kier molecular flexibility index (Phi) is 4.88. The molecule has 3 heterocycles. The standard InChI is InChI=1S/C20H18BrN3O2S/c1-13-16-10-17(19(25)23(2)12-15-8-9-18(21)26-15)27-20(16)24(22-13)11-14-6-4-3-5-7-14/h3-10H,11-12H2,1-2H3. The van der Waals surface area contributed by atoms with Crippen LogP contribution in [-0.2, 0) is 13.1 Å². The van der Waals surface area contributed by atoms with Crippen LogP contribution in [0.2, 0.25) is 0 Å². The van der Waals surface area contributed by atoms with Gasteiger partial charge in [0.15, 0.2) is 4.67 Å². The van der Waals surface area contributed by atoms with E-state index in [1.54, 1.807) is 11.9 Å². The molecule has 4 rings (SSSR count). The van der Waals surface area contributed by atoms with Crippen molar-refractivity contribution in [3.63, 3.8) is 0 Å². The van der Waals surface area contributed by atoms with Crippen molar-refractivity contribution in [1.29, 1.82) is 0 Å². The van der Waals surface area contributed by atoms with Crippen molar-refractivity contribution in [2.24, 2.45) is 0 Å². The largest absolute Gasteiger partial charge is 0.452 e. The third-order valence-electron chi connectivity index (χ3n) is 4.36. The van der Waals surface area contributed by atoms with Crippen LogP contribution in [0.5, 0.6) is 0 Å². The van der Waals surface area contributed by atoms with Gasteiger partial charge in [0.25, 0.3) is 5.91 Å². The van der Waals surface area contributed by atoms with E-state index in [1.165, 1.54) is 16.9 Å². The molecule has 0 fully saturated rings. The molecule has 0 unspecified atom stereocenters. The number of aryl methyl sites for hydroxylation is 1. The maximum atomic E-state index is 12.9. The van der Waals surface area contributed by atoms with E-state index in [2.05, 4.69) is 33.2 Å². The fourth-order valence-electron chi connectivity index (χ4n) is 3.01. The van der Waals surface area contributed by atoms with Crippen LogP contribution in [0.15, 0.2) is 57.6 Å². The van der Waals surface area contributed by atoms with Crippen LogP contribution >= 0.6 is 27.3 Å². The van der Waals surface area contributed by atoms with Gasteiger partial charge in [-0.2, -0.15) is 5.10 Å². The van der Waals surface area contributed by atoms with Crippen molar-refractivity contribution in [3.05, 3.63) is 75.1 Å². The van der Waals surface area contributed by atoms with Gasteiger partial charge in [0.05, 0.1) is 23.7 Å². The predicted octanol–water partition coefficient (Wildman–Crippen LogP) is 5.08. The smallest absolute Gasteiger partial charge is 0.264 e. The second-order valence-corrected chi connectivity index (χ2v) is 8.24. The number of thiophene rings is 1. The minimum Gasteiger partial charge on any atom is -0.452 e. The maximum Gasteiger partial charge on any atom is 0.264 e. The Labute approximate surface area is 169 Å². The SMILES string of the molecule is Cc1nn(Cc2ccccc2)c2sc(C(=O)N(C)Cc3ccc(Br)o3)cc12. The molecule has 0 radical (unpaired) electrons. The van der Waals surface area contributed by atoms with Crippen LogP contribution in [-0.4, -0.2) is 27.6 Å². The summed E-state index contributed by atoms with van der Waals surface area (Å²) in [5, 5.41) is 5.68. The molecule has 4 aromatic rings. The molecule has 0 aliphatic rings. The molecule has 0 aliphatic heterocycles. The molecular weight excluding hydrogens is 426 g/mol. The normalized spacial score (nSPS) is 11.2. The lowest BCUT2D eigenvalue weighted by atomic mass is 10.2. The fraction of sp³-hybridized carbons (Fsp3) is 0.200. The zero-order chi connectivity index (χ0) is 19.0. The van der Waals surface area contributed by atoms with E-state index in [0.717, 1.165) is 21.7 Å². The first-order valence-corrected chi connectivity index (χ1v) is 10.1. The molecule has 0 saturated heterocycles. The number of benzene rings is 1. The van der Waals surface area contributed by atoms with E-state index in [0.29, 0.717) is 22.6 Å². The van der Waals surface area contributed by atoms with Crippen LogP contribution in [0, 0.1) is 6.92 Å². The number of carbonyl (C=O) groups excluding carboxylic acids is 1. The zero-order valence-corrected chi connectivity index (χ0v) is 17.4. The molecule has 0 bridgehead atoms. The van der Waals surface area contributed by atoms with Gasteiger partial charge in [-0.05, 0) is 46.6 Å². The zero-order valence-electron chi connectivity index (χ0n) is 15.0. The van der Waals surface area contributed by atoms with Gasteiger partial charge in [0.2, 0.25) is 0 Å². The number of halogens is 1. The fourth-order valence-corrected chi connectivity index (χ4v) is 4.51. The van der Waals surface area contributed by atoms with Crippen LogP contribution in [0.1, 0.15) is 26.7 Å². The maximum absolute atomic E-state index is 12.9. The summed E-state index contributed by atoms with van der Waals surface area (Å²) >= 11 is 4.77. The molecule has 138 valence electrons. The van der Waals surface area contributed by atoms with Crippen LogP contribution < -0.4 is 0 Å². The van der Waals surface area contributed by atoms with Gasteiger partial charge in [-0.3, -0.25) is 9.48 Å². The molecule has 0 aliphatic carbocycles. The Bertz CT molecular complexity index is 1100. The molecule has 0 N–H and O–H groups in total. The number of aromatic nitrogens is 2. The highest BCUT2D eigenvalue weighted by atomic mass is 79.9. The Balaban J connectivity index is 1.59. The van der Waals surface area contributed by atoms with Crippen molar-refractivity contribution >= 4 is 43.4 Å².